The third kappa shape index (κ3) is 3.71. The van der Waals surface area contributed by atoms with Crippen molar-refractivity contribution >= 4 is 17.7 Å². The normalized spacial score (nSPS) is 12.2. The summed E-state index contributed by atoms with van der Waals surface area (Å²) in [6, 6.07) is 8.68. The van der Waals surface area contributed by atoms with E-state index in [-0.39, 0.29) is 0 Å². The van der Waals surface area contributed by atoms with Gasteiger partial charge in [-0.3, -0.25) is 0 Å². The molecule has 0 nitrogen and oxygen atoms in total. The van der Waals surface area contributed by atoms with E-state index < -0.39 is 0 Å². The fraction of sp³-hybridized carbons (Fsp3) is 0.429. The van der Waals surface area contributed by atoms with Crippen molar-refractivity contribution in [2.24, 2.45) is 5.92 Å². The Morgan fingerprint density at radius 3 is 2.27 bits per heavy atom. The number of halogens is 1. The van der Waals surface area contributed by atoms with Gasteiger partial charge in [-0.05, 0) is 23.5 Å². The molecular weight excluding hydrogens is 204 g/mol. The van der Waals surface area contributed by atoms with Gasteiger partial charge in [0, 0.05) is 5.88 Å². The fourth-order valence-corrected chi connectivity index (χ4v) is 1.81. The van der Waals surface area contributed by atoms with E-state index in [1.54, 1.807) is 0 Å². The molecule has 1 aromatic rings. The standard InChI is InChI=1S/C14H19Cl/c1-4-12-5-7-13(8-6-12)9-14(10-15)11(2)3/h5-9,11H,4,10H2,1-3H3. The molecule has 82 valence electrons. The lowest BCUT2D eigenvalue weighted by atomic mass is 10.0. The molecule has 0 heterocycles. The van der Waals surface area contributed by atoms with E-state index in [0.717, 1.165) is 6.42 Å². The van der Waals surface area contributed by atoms with Crippen LogP contribution in [0.4, 0.5) is 0 Å². The molecule has 0 aliphatic carbocycles. The van der Waals surface area contributed by atoms with E-state index in [1.807, 2.05) is 0 Å². The van der Waals surface area contributed by atoms with Crippen LogP contribution in [0.5, 0.6) is 0 Å². The van der Waals surface area contributed by atoms with E-state index in [9.17, 15) is 0 Å². The van der Waals surface area contributed by atoms with E-state index in [2.05, 4.69) is 51.1 Å². The van der Waals surface area contributed by atoms with Crippen LogP contribution >= 0.6 is 11.6 Å². The minimum absolute atomic E-state index is 0.522. The van der Waals surface area contributed by atoms with Crippen molar-refractivity contribution in [3.8, 4) is 0 Å². The molecule has 1 rings (SSSR count). The number of aryl methyl sites for hydroxylation is 1. The Morgan fingerprint density at radius 1 is 1.27 bits per heavy atom. The second-order valence-electron chi connectivity index (χ2n) is 4.10. The van der Waals surface area contributed by atoms with Crippen LogP contribution in [0.3, 0.4) is 0 Å². The Bertz CT molecular complexity index is 320. The molecule has 1 heteroatoms. The summed E-state index contributed by atoms with van der Waals surface area (Å²) in [4.78, 5) is 0. The Kier molecular flexibility index (Phi) is 4.90. The first-order chi connectivity index (χ1) is 7.17. The second-order valence-corrected chi connectivity index (χ2v) is 4.37. The third-order valence-electron chi connectivity index (χ3n) is 2.64. The maximum absolute atomic E-state index is 5.90. The average Bonchev–Trinajstić information content (AvgIpc) is 2.26. The monoisotopic (exact) mass is 222 g/mol. The molecule has 0 spiro atoms. The van der Waals surface area contributed by atoms with Gasteiger partial charge >= 0.3 is 0 Å². The smallest absolute Gasteiger partial charge is 0.0439 e. The van der Waals surface area contributed by atoms with Gasteiger partial charge < -0.3 is 0 Å². The van der Waals surface area contributed by atoms with Gasteiger partial charge in [-0.25, -0.2) is 0 Å². The fourth-order valence-electron chi connectivity index (χ4n) is 1.42. The minimum atomic E-state index is 0.522. The molecule has 0 bridgehead atoms. The molecule has 0 unspecified atom stereocenters. The Hall–Kier alpha value is -0.750. The maximum Gasteiger partial charge on any atom is 0.0439 e. The first-order valence-corrected chi connectivity index (χ1v) is 6.06. The number of hydrogen-bond donors (Lipinski definition) is 0. The molecular formula is C14H19Cl. The molecule has 0 fully saturated rings. The number of alkyl halides is 1. The zero-order valence-corrected chi connectivity index (χ0v) is 10.5. The van der Waals surface area contributed by atoms with Crippen LogP contribution in [-0.4, -0.2) is 5.88 Å². The summed E-state index contributed by atoms with van der Waals surface area (Å²) in [6.45, 7) is 6.52. The summed E-state index contributed by atoms with van der Waals surface area (Å²) < 4.78 is 0. The lowest BCUT2D eigenvalue weighted by molar-refractivity contribution is 0.778. The summed E-state index contributed by atoms with van der Waals surface area (Å²) in [5.41, 5.74) is 3.92. The average molecular weight is 223 g/mol. The summed E-state index contributed by atoms with van der Waals surface area (Å²) in [7, 11) is 0. The zero-order valence-electron chi connectivity index (χ0n) is 9.76. The van der Waals surface area contributed by atoms with Gasteiger partial charge in [-0.15, -0.1) is 11.6 Å². The van der Waals surface area contributed by atoms with Crippen LogP contribution in [-0.2, 0) is 6.42 Å². The molecule has 0 N–H and O–H groups in total. The number of rotatable bonds is 4. The number of benzene rings is 1. The quantitative estimate of drug-likeness (QED) is 0.657. The lowest BCUT2D eigenvalue weighted by Crippen LogP contribution is -1.95. The minimum Gasteiger partial charge on any atom is -0.122 e. The Balaban J connectivity index is 2.87. The highest BCUT2D eigenvalue weighted by Gasteiger charge is 2.01. The van der Waals surface area contributed by atoms with Crippen LogP contribution in [0.2, 0.25) is 0 Å². The van der Waals surface area contributed by atoms with Gasteiger partial charge in [0.05, 0.1) is 0 Å². The zero-order chi connectivity index (χ0) is 11.3. The van der Waals surface area contributed by atoms with Crippen molar-refractivity contribution in [1.29, 1.82) is 0 Å². The van der Waals surface area contributed by atoms with Gasteiger partial charge in [0.15, 0.2) is 0 Å². The highest BCUT2D eigenvalue weighted by Crippen LogP contribution is 2.16. The van der Waals surface area contributed by atoms with Crippen molar-refractivity contribution in [1.82, 2.24) is 0 Å². The van der Waals surface area contributed by atoms with Crippen molar-refractivity contribution in [2.45, 2.75) is 27.2 Å². The van der Waals surface area contributed by atoms with Gasteiger partial charge in [0.1, 0.15) is 0 Å². The van der Waals surface area contributed by atoms with Gasteiger partial charge in [-0.2, -0.15) is 0 Å². The summed E-state index contributed by atoms with van der Waals surface area (Å²) in [5, 5.41) is 0. The first-order valence-electron chi connectivity index (χ1n) is 5.52. The van der Waals surface area contributed by atoms with Crippen LogP contribution < -0.4 is 0 Å². The van der Waals surface area contributed by atoms with Gasteiger partial charge in [0.2, 0.25) is 0 Å². The van der Waals surface area contributed by atoms with Crippen molar-refractivity contribution in [2.75, 3.05) is 5.88 Å². The van der Waals surface area contributed by atoms with E-state index in [4.69, 9.17) is 11.6 Å². The van der Waals surface area contributed by atoms with E-state index >= 15 is 0 Å². The maximum atomic E-state index is 5.90. The number of allylic oxidation sites excluding steroid dienone is 1. The molecule has 1 aromatic carbocycles. The number of hydrogen-bond acceptors (Lipinski definition) is 0. The van der Waals surface area contributed by atoms with Crippen LogP contribution in [0.25, 0.3) is 6.08 Å². The van der Waals surface area contributed by atoms with Crippen molar-refractivity contribution in [3.63, 3.8) is 0 Å². The van der Waals surface area contributed by atoms with Gasteiger partial charge in [0.25, 0.3) is 0 Å². The Morgan fingerprint density at radius 2 is 1.87 bits per heavy atom. The second kappa shape index (κ2) is 5.97. The summed E-state index contributed by atoms with van der Waals surface area (Å²) in [6.07, 6.45) is 3.29. The molecule has 0 amide bonds. The molecule has 0 aliphatic rings. The third-order valence-corrected chi connectivity index (χ3v) is 2.94. The molecule has 15 heavy (non-hydrogen) atoms. The van der Waals surface area contributed by atoms with Crippen LogP contribution in [0.15, 0.2) is 29.8 Å². The summed E-state index contributed by atoms with van der Waals surface area (Å²) in [5.74, 6) is 1.14. The topological polar surface area (TPSA) is 0 Å². The molecule has 0 saturated heterocycles. The van der Waals surface area contributed by atoms with Gasteiger partial charge in [-0.1, -0.05) is 56.7 Å². The highest BCUT2D eigenvalue weighted by molar-refractivity contribution is 6.19. The van der Waals surface area contributed by atoms with E-state index in [1.165, 1.54) is 16.7 Å². The molecule has 0 aliphatic heterocycles. The summed E-state index contributed by atoms with van der Waals surface area (Å²) >= 11 is 5.90. The van der Waals surface area contributed by atoms with E-state index in [0.29, 0.717) is 11.8 Å². The highest BCUT2D eigenvalue weighted by atomic mass is 35.5. The lowest BCUT2D eigenvalue weighted by Gasteiger charge is -2.07. The molecule has 0 radical (unpaired) electrons. The predicted molar refractivity (Wildman–Crippen MR) is 69.4 cm³/mol. The van der Waals surface area contributed by atoms with Crippen molar-refractivity contribution in [3.05, 3.63) is 41.0 Å². The predicted octanol–water partition coefficient (Wildman–Crippen LogP) is 4.53. The molecule has 0 saturated carbocycles. The van der Waals surface area contributed by atoms with Crippen LogP contribution in [0, 0.1) is 5.92 Å². The Labute approximate surface area is 98.0 Å². The SMILES string of the molecule is CCc1ccc(C=C(CCl)C(C)C)cc1. The van der Waals surface area contributed by atoms with Crippen LogP contribution in [0.1, 0.15) is 31.9 Å². The van der Waals surface area contributed by atoms with Crippen molar-refractivity contribution < 1.29 is 0 Å². The molecule has 0 atom stereocenters. The largest absolute Gasteiger partial charge is 0.122 e. The molecule has 0 aromatic heterocycles. The first kappa shape index (κ1) is 12.3.